The standard InChI is InChI=1S/C13H16BrNO2/c1-13(2,3)17-12(16)11-5-10(11)8-4-9(14)7-15-6-8/h4,6-7,10-11H,5H2,1-3H3/t10?,11-/m1/s1. The monoisotopic (exact) mass is 297 g/mol. The Balaban J connectivity index is 1.99. The average molecular weight is 298 g/mol. The average Bonchev–Trinajstić information content (AvgIpc) is 2.94. The first-order chi connectivity index (χ1) is 7.87. The molecule has 92 valence electrons. The molecule has 2 atom stereocenters. The second-order valence-corrected chi connectivity index (χ2v) is 6.33. The zero-order valence-electron chi connectivity index (χ0n) is 10.2. The Labute approximate surface area is 110 Å². The number of carbonyl (C=O) groups is 1. The number of carbonyl (C=O) groups excluding carboxylic acids is 1. The smallest absolute Gasteiger partial charge is 0.310 e. The fourth-order valence-corrected chi connectivity index (χ4v) is 2.21. The molecule has 1 aliphatic carbocycles. The van der Waals surface area contributed by atoms with Crippen LogP contribution in [-0.2, 0) is 9.53 Å². The molecule has 1 aromatic rings. The van der Waals surface area contributed by atoms with Crippen molar-refractivity contribution in [1.29, 1.82) is 0 Å². The van der Waals surface area contributed by atoms with E-state index in [4.69, 9.17) is 4.74 Å². The number of pyridine rings is 1. The molecule has 0 amide bonds. The molecule has 0 radical (unpaired) electrons. The van der Waals surface area contributed by atoms with E-state index in [1.807, 2.05) is 33.0 Å². The highest BCUT2D eigenvalue weighted by Crippen LogP contribution is 2.48. The van der Waals surface area contributed by atoms with Crippen LogP contribution in [0.3, 0.4) is 0 Å². The van der Waals surface area contributed by atoms with E-state index in [1.54, 1.807) is 6.20 Å². The van der Waals surface area contributed by atoms with Gasteiger partial charge in [-0.15, -0.1) is 0 Å². The predicted molar refractivity (Wildman–Crippen MR) is 68.6 cm³/mol. The lowest BCUT2D eigenvalue weighted by Gasteiger charge is -2.19. The van der Waals surface area contributed by atoms with Crippen LogP contribution in [0.4, 0.5) is 0 Å². The third-order valence-corrected chi connectivity index (χ3v) is 3.09. The van der Waals surface area contributed by atoms with Crippen LogP contribution < -0.4 is 0 Å². The molecule has 17 heavy (non-hydrogen) atoms. The Morgan fingerprint density at radius 2 is 2.18 bits per heavy atom. The van der Waals surface area contributed by atoms with Crippen LogP contribution in [0.5, 0.6) is 0 Å². The largest absolute Gasteiger partial charge is 0.460 e. The quantitative estimate of drug-likeness (QED) is 0.786. The van der Waals surface area contributed by atoms with Crippen LogP contribution in [0.2, 0.25) is 0 Å². The number of nitrogens with zero attached hydrogens (tertiary/aromatic N) is 1. The molecule has 3 nitrogen and oxygen atoms in total. The van der Waals surface area contributed by atoms with Gasteiger partial charge in [0, 0.05) is 16.9 Å². The third-order valence-electron chi connectivity index (χ3n) is 2.65. The molecule has 0 bridgehead atoms. The Hall–Kier alpha value is -0.900. The summed E-state index contributed by atoms with van der Waals surface area (Å²) in [5, 5.41) is 0. The van der Waals surface area contributed by atoms with Crippen LogP contribution in [0, 0.1) is 5.92 Å². The summed E-state index contributed by atoms with van der Waals surface area (Å²) in [7, 11) is 0. The number of esters is 1. The minimum absolute atomic E-state index is 0.00493. The van der Waals surface area contributed by atoms with Crippen molar-refractivity contribution >= 4 is 21.9 Å². The minimum Gasteiger partial charge on any atom is -0.460 e. The summed E-state index contributed by atoms with van der Waals surface area (Å²) in [6, 6.07) is 2.02. The van der Waals surface area contributed by atoms with E-state index < -0.39 is 5.60 Å². The molecule has 1 unspecified atom stereocenters. The zero-order chi connectivity index (χ0) is 12.6. The van der Waals surface area contributed by atoms with E-state index in [-0.39, 0.29) is 17.8 Å². The van der Waals surface area contributed by atoms with Gasteiger partial charge in [0.25, 0.3) is 0 Å². The number of ether oxygens (including phenoxy) is 1. The van der Waals surface area contributed by atoms with Crippen molar-refractivity contribution in [3.63, 3.8) is 0 Å². The van der Waals surface area contributed by atoms with Crippen LogP contribution in [0.25, 0.3) is 0 Å². The molecule has 1 fully saturated rings. The van der Waals surface area contributed by atoms with Gasteiger partial charge in [0.2, 0.25) is 0 Å². The summed E-state index contributed by atoms with van der Waals surface area (Å²) in [6.45, 7) is 5.68. The second kappa shape index (κ2) is 4.41. The third kappa shape index (κ3) is 3.28. The van der Waals surface area contributed by atoms with E-state index in [9.17, 15) is 4.79 Å². The summed E-state index contributed by atoms with van der Waals surface area (Å²) in [5.41, 5.74) is 0.704. The van der Waals surface area contributed by atoms with Crippen LogP contribution in [0.1, 0.15) is 38.7 Å². The summed E-state index contributed by atoms with van der Waals surface area (Å²) in [5.74, 6) is 0.183. The fourth-order valence-electron chi connectivity index (χ4n) is 1.83. The van der Waals surface area contributed by atoms with Gasteiger partial charge >= 0.3 is 5.97 Å². The molecule has 2 rings (SSSR count). The summed E-state index contributed by atoms with van der Waals surface area (Å²) in [4.78, 5) is 16.0. The van der Waals surface area contributed by atoms with Gasteiger partial charge in [-0.05, 0) is 60.7 Å². The van der Waals surface area contributed by atoms with Crippen molar-refractivity contribution in [2.75, 3.05) is 0 Å². The van der Waals surface area contributed by atoms with Crippen LogP contribution in [0.15, 0.2) is 22.9 Å². The molecule has 0 aromatic carbocycles. The van der Waals surface area contributed by atoms with Gasteiger partial charge in [-0.1, -0.05) is 0 Å². The highest BCUT2D eigenvalue weighted by Gasteiger charge is 2.46. The van der Waals surface area contributed by atoms with Crippen molar-refractivity contribution in [2.45, 2.75) is 38.7 Å². The highest BCUT2D eigenvalue weighted by molar-refractivity contribution is 9.10. The van der Waals surface area contributed by atoms with Gasteiger partial charge in [0.15, 0.2) is 0 Å². The van der Waals surface area contributed by atoms with Crippen molar-refractivity contribution in [1.82, 2.24) is 4.98 Å². The molecule has 4 heteroatoms. The van der Waals surface area contributed by atoms with Gasteiger partial charge in [-0.3, -0.25) is 9.78 Å². The van der Waals surface area contributed by atoms with Gasteiger partial charge in [-0.25, -0.2) is 0 Å². The molecule has 0 aliphatic heterocycles. The van der Waals surface area contributed by atoms with Crippen molar-refractivity contribution in [3.8, 4) is 0 Å². The molecular formula is C13H16BrNO2. The van der Waals surface area contributed by atoms with Crippen molar-refractivity contribution in [3.05, 3.63) is 28.5 Å². The van der Waals surface area contributed by atoms with Crippen molar-refractivity contribution < 1.29 is 9.53 Å². The molecule has 1 aromatic heterocycles. The lowest BCUT2D eigenvalue weighted by atomic mass is 10.1. The zero-order valence-corrected chi connectivity index (χ0v) is 11.8. The Morgan fingerprint density at radius 1 is 1.47 bits per heavy atom. The van der Waals surface area contributed by atoms with Gasteiger partial charge in [0.05, 0.1) is 5.92 Å². The number of aromatic nitrogens is 1. The lowest BCUT2D eigenvalue weighted by molar-refractivity contribution is -0.156. The maximum Gasteiger partial charge on any atom is 0.310 e. The predicted octanol–water partition coefficient (Wildman–Crippen LogP) is 3.29. The van der Waals surface area contributed by atoms with E-state index in [2.05, 4.69) is 20.9 Å². The molecule has 0 N–H and O–H groups in total. The Morgan fingerprint density at radius 3 is 2.76 bits per heavy atom. The van der Waals surface area contributed by atoms with Gasteiger partial charge in [0.1, 0.15) is 5.60 Å². The highest BCUT2D eigenvalue weighted by atomic mass is 79.9. The van der Waals surface area contributed by atoms with E-state index in [0.717, 1.165) is 16.5 Å². The number of halogens is 1. The first kappa shape index (κ1) is 12.6. The Kier molecular flexibility index (Phi) is 3.25. The number of rotatable bonds is 2. The normalized spacial score (nSPS) is 23.3. The summed E-state index contributed by atoms with van der Waals surface area (Å²) >= 11 is 3.39. The number of hydrogen-bond donors (Lipinski definition) is 0. The van der Waals surface area contributed by atoms with Gasteiger partial charge in [-0.2, -0.15) is 0 Å². The molecule has 1 heterocycles. The Bertz CT molecular complexity index is 439. The maximum absolute atomic E-state index is 11.8. The molecular weight excluding hydrogens is 282 g/mol. The van der Waals surface area contributed by atoms with Crippen molar-refractivity contribution in [2.24, 2.45) is 5.92 Å². The van der Waals surface area contributed by atoms with Gasteiger partial charge < -0.3 is 4.74 Å². The molecule has 1 saturated carbocycles. The van der Waals surface area contributed by atoms with E-state index in [0.29, 0.717) is 0 Å². The summed E-state index contributed by atoms with van der Waals surface area (Å²) < 4.78 is 6.32. The lowest BCUT2D eigenvalue weighted by Crippen LogP contribution is -2.25. The SMILES string of the molecule is CC(C)(C)OC(=O)[C@@H]1CC1c1cncc(Br)c1. The topological polar surface area (TPSA) is 39.2 Å². The van der Waals surface area contributed by atoms with E-state index >= 15 is 0 Å². The summed E-state index contributed by atoms with van der Waals surface area (Å²) in [6.07, 6.45) is 4.43. The molecule has 0 spiro atoms. The first-order valence-electron chi connectivity index (χ1n) is 5.70. The molecule has 0 saturated heterocycles. The maximum atomic E-state index is 11.8. The van der Waals surface area contributed by atoms with E-state index in [1.165, 1.54) is 0 Å². The minimum atomic E-state index is -0.403. The van der Waals surface area contributed by atoms with Crippen LogP contribution >= 0.6 is 15.9 Å². The fraction of sp³-hybridized carbons (Fsp3) is 0.538. The molecule has 1 aliphatic rings. The number of hydrogen-bond acceptors (Lipinski definition) is 3. The first-order valence-corrected chi connectivity index (χ1v) is 6.49. The van der Waals surface area contributed by atoms with Crippen LogP contribution in [-0.4, -0.2) is 16.6 Å². The second-order valence-electron chi connectivity index (χ2n) is 5.42.